The number of rotatable bonds is 12. The molecule has 4 atom stereocenters. The lowest BCUT2D eigenvalue weighted by molar-refractivity contribution is -0.135. The van der Waals surface area contributed by atoms with Gasteiger partial charge in [-0.1, -0.05) is 87.7 Å². The van der Waals surface area contributed by atoms with E-state index in [0.29, 0.717) is 48.8 Å². The molecule has 0 spiro atoms. The predicted octanol–water partition coefficient (Wildman–Crippen LogP) is 6.57. The van der Waals surface area contributed by atoms with Crippen molar-refractivity contribution in [1.82, 2.24) is 40.4 Å². The van der Waals surface area contributed by atoms with Crippen LogP contribution in [0.1, 0.15) is 80.2 Å². The maximum absolute atomic E-state index is 14.0. The maximum Gasteiger partial charge on any atom is 0.407 e. The Morgan fingerprint density at radius 3 is 2.37 bits per heavy atom. The fraction of sp³-hybridized carbons (Fsp3) is 0.304. The maximum atomic E-state index is 14.0. The minimum absolute atomic E-state index is 0.160. The first-order valence-electron chi connectivity index (χ1n) is 19.6. The van der Waals surface area contributed by atoms with E-state index in [4.69, 9.17) is 15.9 Å². The van der Waals surface area contributed by atoms with E-state index in [1.165, 1.54) is 19.1 Å². The summed E-state index contributed by atoms with van der Waals surface area (Å²) < 4.78 is 9.56. The number of aromatic amines is 2. The van der Waals surface area contributed by atoms with Gasteiger partial charge in [0.2, 0.25) is 5.91 Å². The molecule has 1 saturated heterocycles. The van der Waals surface area contributed by atoms with Crippen LogP contribution in [0, 0.1) is 30.1 Å². The number of H-pyrrole nitrogens is 2. The van der Waals surface area contributed by atoms with Gasteiger partial charge in [0, 0.05) is 24.2 Å². The molecule has 0 bridgehead atoms. The van der Waals surface area contributed by atoms with Gasteiger partial charge in [-0.25, -0.2) is 19.6 Å². The van der Waals surface area contributed by atoms with Crippen LogP contribution < -0.4 is 10.6 Å². The summed E-state index contributed by atoms with van der Waals surface area (Å²) in [4.78, 5) is 70.9. The lowest BCUT2D eigenvalue weighted by atomic mass is 10.0. The second-order valence-electron chi connectivity index (χ2n) is 14.7. The highest BCUT2D eigenvalue weighted by Gasteiger charge is 2.39. The second-order valence-corrected chi connectivity index (χ2v) is 14.7. The van der Waals surface area contributed by atoms with Gasteiger partial charge in [0.15, 0.2) is 6.04 Å². The zero-order valence-electron chi connectivity index (χ0n) is 34.2. The largest absolute Gasteiger partial charge is 0.453 e. The summed E-state index contributed by atoms with van der Waals surface area (Å²) in [5, 5.41) is 7.28. The van der Waals surface area contributed by atoms with Crippen LogP contribution in [0.2, 0.25) is 0 Å². The van der Waals surface area contributed by atoms with Gasteiger partial charge >= 0.3 is 12.2 Å². The molecule has 5 aromatic rings. The van der Waals surface area contributed by atoms with E-state index >= 15 is 0 Å². The number of carbonyl (C=O) groups is 4. The Bertz CT molecular complexity index is 2490. The SMILES string of the molecule is C#CC(c1ncc(C#Cc2ccc3cc(-c4cnc([C@@H]5C(=C)CCN5C(=O)[C@@H](NC(=O)OC)C(C)C)[nH]4)ccc3c2)[nH]1)N(CCC)C(=O)[C@H](NC(=O)OC)c1ccccc1. The molecule has 60 heavy (non-hydrogen) atoms. The number of imidazole rings is 2. The first-order chi connectivity index (χ1) is 29.0. The van der Waals surface area contributed by atoms with Crippen LogP contribution >= 0.6 is 0 Å². The molecule has 2 aromatic heterocycles. The molecule has 3 heterocycles. The number of hydrogen-bond donors (Lipinski definition) is 4. The standard InChI is InChI=1S/C46H48N8O6/c1-8-22-53(44(56)39(52-46(58)60-7)31-13-11-10-12-14-31)37(9-2)41-47-26-35(49-41)20-16-30-15-17-33-25-34(19-18-32(33)24-30)36-27-48-42(50-36)40-29(5)21-23-54(40)43(55)38(28(3)4)51-45(57)59-6/h2,10-15,17-19,24-28,37-40H,5,8,21-23H2,1,3-4,6-7H3,(H,47,49)(H,48,50)(H,51,57)(H,52,58)/t37?,38-,39+,40-/m0/s1. The van der Waals surface area contributed by atoms with Crippen molar-refractivity contribution in [3.05, 3.63) is 120 Å². The summed E-state index contributed by atoms with van der Waals surface area (Å²) in [6.45, 7) is 10.7. The Hall–Kier alpha value is -7.32. The number of fused-ring (bicyclic) bond motifs is 1. The zero-order valence-corrected chi connectivity index (χ0v) is 34.2. The topological polar surface area (TPSA) is 175 Å². The molecule has 3 aromatic carbocycles. The lowest BCUT2D eigenvalue weighted by Crippen LogP contribution is -2.51. The van der Waals surface area contributed by atoms with Crippen molar-refractivity contribution in [3.8, 4) is 35.4 Å². The zero-order chi connectivity index (χ0) is 42.9. The van der Waals surface area contributed by atoms with Crippen LogP contribution in [0.25, 0.3) is 22.0 Å². The highest BCUT2D eigenvalue weighted by molar-refractivity contribution is 5.89. The highest BCUT2D eigenvalue weighted by Crippen LogP contribution is 2.36. The van der Waals surface area contributed by atoms with Gasteiger partial charge in [0.25, 0.3) is 5.91 Å². The molecule has 4 amide bonds. The Morgan fingerprint density at radius 2 is 1.67 bits per heavy atom. The molecule has 6 rings (SSSR count). The normalized spacial score (nSPS) is 15.0. The van der Waals surface area contributed by atoms with Crippen molar-refractivity contribution in [2.45, 2.75) is 57.8 Å². The van der Waals surface area contributed by atoms with Gasteiger partial charge < -0.3 is 39.9 Å². The molecule has 1 fully saturated rings. The number of amides is 4. The second kappa shape index (κ2) is 19.0. The van der Waals surface area contributed by atoms with Crippen LogP contribution in [-0.4, -0.2) is 87.1 Å². The molecule has 1 aliphatic heterocycles. The Balaban J connectivity index is 1.18. The summed E-state index contributed by atoms with van der Waals surface area (Å²) in [5.41, 5.74) is 4.42. The number of nitrogens with zero attached hydrogens (tertiary/aromatic N) is 4. The van der Waals surface area contributed by atoms with Gasteiger partial charge in [0.1, 0.15) is 35.5 Å². The number of methoxy groups -OCH3 is 2. The monoisotopic (exact) mass is 808 g/mol. The van der Waals surface area contributed by atoms with Crippen molar-refractivity contribution >= 4 is 34.8 Å². The molecule has 0 aliphatic carbocycles. The molecular formula is C46H48N8O6. The molecule has 1 aliphatic rings. The van der Waals surface area contributed by atoms with E-state index in [1.807, 2.05) is 57.2 Å². The van der Waals surface area contributed by atoms with Crippen molar-refractivity contribution in [2.75, 3.05) is 27.3 Å². The van der Waals surface area contributed by atoms with Gasteiger partial charge in [-0.15, -0.1) is 6.42 Å². The molecule has 0 saturated carbocycles. The van der Waals surface area contributed by atoms with E-state index in [1.54, 1.807) is 41.6 Å². The molecule has 1 unspecified atom stereocenters. The van der Waals surface area contributed by atoms with Gasteiger partial charge in [-0.05, 0) is 64.8 Å². The molecule has 4 N–H and O–H groups in total. The van der Waals surface area contributed by atoms with E-state index < -0.39 is 42.3 Å². The van der Waals surface area contributed by atoms with Gasteiger partial charge in [-0.3, -0.25) is 9.59 Å². The fourth-order valence-corrected chi connectivity index (χ4v) is 7.20. The number of nitrogens with one attached hydrogen (secondary N) is 4. The molecule has 0 radical (unpaired) electrons. The van der Waals surface area contributed by atoms with Crippen molar-refractivity contribution < 1.29 is 28.7 Å². The summed E-state index contributed by atoms with van der Waals surface area (Å²) >= 11 is 0. The van der Waals surface area contributed by atoms with Gasteiger partial charge in [-0.2, -0.15) is 0 Å². The van der Waals surface area contributed by atoms with Crippen LogP contribution in [-0.2, 0) is 19.1 Å². The van der Waals surface area contributed by atoms with Crippen LogP contribution in [0.4, 0.5) is 9.59 Å². The minimum atomic E-state index is -1.03. The number of aromatic nitrogens is 4. The van der Waals surface area contributed by atoms with Gasteiger partial charge in [0.05, 0.1) is 32.3 Å². The number of terminal acetylenes is 1. The summed E-state index contributed by atoms with van der Waals surface area (Å²) in [5.74, 6) is 9.19. The van der Waals surface area contributed by atoms with Crippen LogP contribution in [0.5, 0.6) is 0 Å². The third-order valence-corrected chi connectivity index (χ3v) is 10.3. The lowest BCUT2D eigenvalue weighted by Gasteiger charge is -2.31. The number of carbonyl (C=O) groups excluding carboxylic acids is 4. The van der Waals surface area contributed by atoms with Crippen LogP contribution in [0.3, 0.4) is 0 Å². The first kappa shape index (κ1) is 42.3. The van der Waals surface area contributed by atoms with E-state index in [2.05, 4.69) is 61.0 Å². The number of benzene rings is 3. The number of ether oxygens (including phenoxy) is 2. The Labute approximate surface area is 349 Å². The Kier molecular flexibility index (Phi) is 13.4. The minimum Gasteiger partial charge on any atom is -0.453 e. The Morgan fingerprint density at radius 1 is 0.950 bits per heavy atom. The van der Waals surface area contributed by atoms with Crippen molar-refractivity contribution in [2.24, 2.45) is 5.92 Å². The predicted molar refractivity (Wildman–Crippen MR) is 227 cm³/mol. The third kappa shape index (κ3) is 9.35. The van der Waals surface area contributed by atoms with Crippen molar-refractivity contribution in [3.63, 3.8) is 0 Å². The third-order valence-electron chi connectivity index (χ3n) is 10.3. The van der Waals surface area contributed by atoms with E-state index in [0.717, 1.165) is 33.2 Å². The average molecular weight is 809 g/mol. The molecular weight excluding hydrogens is 761 g/mol. The summed E-state index contributed by atoms with van der Waals surface area (Å²) in [6, 6.07) is 17.8. The smallest absolute Gasteiger partial charge is 0.407 e. The number of alkyl carbamates (subject to hydrolysis) is 2. The number of hydrogen-bond acceptors (Lipinski definition) is 8. The quantitative estimate of drug-likeness (QED) is 0.0809. The number of likely N-dealkylation sites (tertiary alicyclic amines) is 1. The summed E-state index contributed by atoms with van der Waals surface area (Å²) in [7, 11) is 2.51. The molecule has 14 heteroatoms. The molecule has 308 valence electrons. The van der Waals surface area contributed by atoms with E-state index in [-0.39, 0.29) is 11.8 Å². The summed E-state index contributed by atoms with van der Waals surface area (Å²) in [6.07, 6.45) is 9.16. The first-order valence-corrected chi connectivity index (χ1v) is 19.6. The van der Waals surface area contributed by atoms with Crippen LogP contribution in [0.15, 0.2) is 91.3 Å². The van der Waals surface area contributed by atoms with Crippen molar-refractivity contribution in [1.29, 1.82) is 0 Å². The fourth-order valence-electron chi connectivity index (χ4n) is 7.20. The average Bonchev–Trinajstić information content (AvgIpc) is 4.03. The molecule has 14 nitrogen and oxygen atoms in total. The highest BCUT2D eigenvalue weighted by atomic mass is 16.5. The van der Waals surface area contributed by atoms with E-state index in [9.17, 15) is 19.2 Å².